The molecule has 0 saturated carbocycles. The summed E-state index contributed by atoms with van der Waals surface area (Å²) in [6, 6.07) is 4.61. The summed E-state index contributed by atoms with van der Waals surface area (Å²) in [5.74, 6) is -1.45. The monoisotopic (exact) mass is 400 g/mol. The highest BCUT2D eigenvalue weighted by Crippen LogP contribution is 2.33. The van der Waals surface area contributed by atoms with Crippen molar-refractivity contribution in [2.45, 2.75) is 52.2 Å². The molecule has 2 amide bonds. The number of aromatic nitrogens is 2. The van der Waals surface area contributed by atoms with Gasteiger partial charge in [0.15, 0.2) is 0 Å². The van der Waals surface area contributed by atoms with Crippen LogP contribution in [0.2, 0.25) is 0 Å². The van der Waals surface area contributed by atoms with Crippen LogP contribution in [0.25, 0.3) is 0 Å². The summed E-state index contributed by atoms with van der Waals surface area (Å²) in [5, 5.41) is 2.64. The van der Waals surface area contributed by atoms with E-state index in [9.17, 15) is 14.0 Å². The molecule has 1 N–H and O–H groups in total. The van der Waals surface area contributed by atoms with Gasteiger partial charge in [-0.05, 0) is 44.5 Å². The number of rotatable bonds is 2. The van der Waals surface area contributed by atoms with Gasteiger partial charge in [-0.1, -0.05) is 13.8 Å². The lowest BCUT2D eigenvalue weighted by atomic mass is 9.82. The summed E-state index contributed by atoms with van der Waals surface area (Å²) in [4.78, 5) is 34.5. The van der Waals surface area contributed by atoms with E-state index >= 15 is 0 Å². The molecule has 3 heterocycles. The van der Waals surface area contributed by atoms with Crippen LogP contribution in [-0.2, 0) is 16.7 Å². The van der Waals surface area contributed by atoms with Gasteiger partial charge >= 0.3 is 6.09 Å². The van der Waals surface area contributed by atoms with E-state index in [2.05, 4.69) is 15.3 Å². The number of hydrogen-bond donors (Lipinski definition) is 1. The van der Waals surface area contributed by atoms with Crippen molar-refractivity contribution in [3.8, 4) is 0 Å². The van der Waals surface area contributed by atoms with Crippen molar-refractivity contribution in [1.82, 2.24) is 14.9 Å². The molecule has 7 nitrogen and oxygen atoms in total. The molecule has 0 saturated heterocycles. The van der Waals surface area contributed by atoms with E-state index < -0.39 is 23.5 Å². The first-order chi connectivity index (χ1) is 13.5. The minimum atomic E-state index is -0.840. The predicted molar refractivity (Wildman–Crippen MR) is 106 cm³/mol. The van der Waals surface area contributed by atoms with E-state index in [-0.39, 0.29) is 11.0 Å². The quantitative estimate of drug-likeness (QED) is 0.773. The third-order valence-electron chi connectivity index (χ3n) is 4.47. The molecule has 1 aliphatic rings. The van der Waals surface area contributed by atoms with E-state index in [0.29, 0.717) is 18.8 Å². The average molecular weight is 400 g/mol. The second kappa shape index (κ2) is 7.42. The minimum Gasteiger partial charge on any atom is -0.444 e. The van der Waals surface area contributed by atoms with Crippen molar-refractivity contribution in [3.05, 3.63) is 53.4 Å². The van der Waals surface area contributed by atoms with Gasteiger partial charge < -0.3 is 15.0 Å². The highest BCUT2D eigenvalue weighted by Gasteiger charge is 2.37. The van der Waals surface area contributed by atoms with Gasteiger partial charge in [0.05, 0.1) is 29.7 Å². The van der Waals surface area contributed by atoms with Gasteiger partial charge in [-0.2, -0.15) is 4.39 Å². The van der Waals surface area contributed by atoms with Crippen molar-refractivity contribution in [1.29, 1.82) is 0 Å². The number of ether oxygens (including phenoxy) is 1. The molecule has 3 rings (SSSR count). The van der Waals surface area contributed by atoms with Crippen molar-refractivity contribution in [2.75, 3.05) is 11.9 Å². The second-order valence-corrected chi connectivity index (χ2v) is 8.75. The Labute approximate surface area is 169 Å². The van der Waals surface area contributed by atoms with Crippen LogP contribution >= 0.6 is 0 Å². The lowest BCUT2D eigenvalue weighted by Gasteiger charge is -2.39. The van der Waals surface area contributed by atoms with Crippen LogP contribution in [0.4, 0.5) is 14.9 Å². The third kappa shape index (κ3) is 4.70. The summed E-state index contributed by atoms with van der Waals surface area (Å²) >= 11 is 0. The molecule has 2 aromatic rings. The molecule has 0 radical (unpaired) electrons. The molecule has 8 heteroatoms. The Morgan fingerprint density at radius 2 is 2.00 bits per heavy atom. The third-order valence-corrected chi connectivity index (χ3v) is 4.47. The lowest BCUT2D eigenvalue weighted by molar-refractivity contribution is 0.0171. The molecule has 0 fully saturated rings. The van der Waals surface area contributed by atoms with E-state index in [1.165, 1.54) is 24.5 Å². The Morgan fingerprint density at radius 3 is 2.66 bits per heavy atom. The zero-order valence-electron chi connectivity index (χ0n) is 17.2. The van der Waals surface area contributed by atoms with Crippen LogP contribution in [0.3, 0.4) is 0 Å². The molecule has 0 atom stereocenters. The molecular weight excluding hydrogens is 375 g/mol. The maximum absolute atomic E-state index is 13.7. The van der Waals surface area contributed by atoms with E-state index in [4.69, 9.17) is 4.74 Å². The summed E-state index contributed by atoms with van der Waals surface area (Å²) < 4.78 is 19.2. The Balaban J connectivity index is 1.84. The number of halogens is 1. The molecule has 29 heavy (non-hydrogen) atoms. The summed E-state index contributed by atoms with van der Waals surface area (Å²) in [7, 11) is 0. The predicted octanol–water partition coefficient (Wildman–Crippen LogP) is 3.90. The van der Waals surface area contributed by atoms with Crippen LogP contribution in [-0.4, -0.2) is 39.0 Å². The fourth-order valence-corrected chi connectivity index (χ4v) is 3.33. The van der Waals surface area contributed by atoms with Crippen LogP contribution in [0.5, 0.6) is 0 Å². The lowest BCUT2D eigenvalue weighted by Crippen LogP contribution is -2.47. The van der Waals surface area contributed by atoms with Crippen molar-refractivity contribution >= 4 is 17.7 Å². The fourth-order valence-electron chi connectivity index (χ4n) is 3.33. The minimum absolute atomic E-state index is 0.152. The number of nitrogens with one attached hydrogen (secondary N) is 1. The van der Waals surface area contributed by atoms with Gasteiger partial charge in [0.25, 0.3) is 5.91 Å². The van der Waals surface area contributed by atoms with Gasteiger partial charge in [0.1, 0.15) is 5.60 Å². The fraction of sp³-hybridized carbons (Fsp3) is 0.429. The smallest absolute Gasteiger partial charge is 0.410 e. The Hall–Kier alpha value is -3.03. The topological polar surface area (TPSA) is 84.4 Å². The first-order valence-corrected chi connectivity index (χ1v) is 9.35. The molecule has 0 unspecified atom stereocenters. The first kappa shape index (κ1) is 20.7. The normalized spacial score (nSPS) is 15.4. The summed E-state index contributed by atoms with van der Waals surface area (Å²) in [6.07, 6.45) is 2.42. The number of amides is 2. The van der Waals surface area contributed by atoms with Crippen LogP contribution in [0.15, 0.2) is 30.6 Å². The number of fused-ring (bicyclic) bond motifs is 1. The van der Waals surface area contributed by atoms with Crippen molar-refractivity contribution < 1.29 is 18.7 Å². The Bertz CT molecular complexity index is 953. The molecule has 0 spiro atoms. The van der Waals surface area contributed by atoms with Crippen molar-refractivity contribution in [2.24, 2.45) is 0 Å². The van der Waals surface area contributed by atoms with Crippen LogP contribution in [0, 0.1) is 5.95 Å². The Morgan fingerprint density at radius 1 is 1.28 bits per heavy atom. The Kier molecular flexibility index (Phi) is 5.30. The standard InChI is InChI=1S/C21H25FN4O3/c1-20(2,3)29-19(28)26-11-13-9-14(10-24-16(13)21(4,5)12-26)25-18(27)15-7-6-8-23-17(15)22/h6-10H,11-12H2,1-5H3,(H,25,27). The van der Waals surface area contributed by atoms with Crippen molar-refractivity contribution in [3.63, 3.8) is 0 Å². The zero-order valence-corrected chi connectivity index (χ0v) is 17.2. The number of carbonyl (C=O) groups excluding carboxylic acids is 2. The maximum Gasteiger partial charge on any atom is 0.410 e. The molecule has 2 aromatic heterocycles. The molecule has 0 bridgehead atoms. The maximum atomic E-state index is 13.7. The summed E-state index contributed by atoms with van der Waals surface area (Å²) in [6.45, 7) is 10.2. The SMILES string of the molecule is CC(C)(C)OC(=O)N1Cc2cc(NC(=O)c3cccnc3F)cnc2C(C)(C)C1. The van der Waals surface area contributed by atoms with Crippen LogP contribution in [0.1, 0.15) is 56.2 Å². The van der Waals surface area contributed by atoms with Gasteiger partial charge in [0, 0.05) is 18.2 Å². The van der Waals surface area contributed by atoms with Gasteiger partial charge in [-0.15, -0.1) is 0 Å². The molecule has 0 aromatic carbocycles. The highest BCUT2D eigenvalue weighted by atomic mass is 19.1. The molecule has 154 valence electrons. The summed E-state index contributed by atoms with van der Waals surface area (Å²) in [5.41, 5.74) is 0.936. The second-order valence-electron chi connectivity index (χ2n) is 8.75. The average Bonchev–Trinajstić information content (AvgIpc) is 2.59. The number of carbonyl (C=O) groups is 2. The number of nitrogens with zero attached hydrogens (tertiary/aromatic N) is 3. The van der Waals surface area contributed by atoms with Crippen LogP contribution < -0.4 is 5.32 Å². The van der Waals surface area contributed by atoms with E-state index in [1.807, 2.05) is 34.6 Å². The number of pyridine rings is 2. The largest absolute Gasteiger partial charge is 0.444 e. The molecule has 1 aliphatic heterocycles. The molecular formula is C21H25FN4O3. The molecule has 0 aliphatic carbocycles. The van der Waals surface area contributed by atoms with E-state index in [0.717, 1.165) is 11.3 Å². The van der Waals surface area contributed by atoms with E-state index in [1.54, 1.807) is 11.0 Å². The van der Waals surface area contributed by atoms with Gasteiger partial charge in [0.2, 0.25) is 5.95 Å². The highest BCUT2D eigenvalue weighted by molar-refractivity contribution is 6.04. The first-order valence-electron chi connectivity index (χ1n) is 9.35. The number of hydrogen-bond acceptors (Lipinski definition) is 5. The zero-order chi connectivity index (χ0) is 21.4. The number of anilines is 1. The van der Waals surface area contributed by atoms with Gasteiger partial charge in [-0.3, -0.25) is 9.78 Å². The van der Waals surface area contributed by atoms with Gasteiger partial charge in [-0.25, -0.2) is 9.78 Å².